The normalized spacial score (nSPS) is 16.1. The van der Waals surface area contributed by atoms with Crippen molar-refractivity contribution in [1.29, 1.82) is 0 Å². The lowest BCUT2D eigenvalue weighted by molar-refractivity contribution is -0.161. The molecule has 0 aromatic heterocycles. The lowest BCUT2D eigenvalue weighted by Gasteiger charge is -2.20. The van der Waals surface area contributed by atoms with E-state index in [0.29, 0.717) is 19.3 Å². The van der Waals surface area contributed by atoms with Crippen LogP contribution < -0.4 is 5.73 Å². The van der Waals surface area contributed by atoms with E-state index in [-0.39, 0.29) is 38.8 Å². The number of allylic oxidation sites excluding steroid dienone is 17. The Morgan fingerprint density at radius 3 is 1.83 bits per heavy atom. The van der Waals surface area contributed by atoms with Crippen molar-refractivity contribution in [2.45, 2.75) is 135 Å². The third-order valence-corrected chi connectivity index (χ3v) is 9.17. The number of unbranched alkanes of at least 4 members (excludes halogenated alkanes) is 3. The van der Waals surface area contributed by atoms with Crippen LogP contribution in [0.2, 0.25) is 0 Å². The molecule has 0 aromatic rings. The highest BCUT2D eigenvalue weighted by Gasteiger charge is 2.26. The van der Waals surface area contributed by atoms with Gasteiger partial charge in [-0.25, -0.2) is 4.57 Å². The monoisotopic (exact) mass is 859 g/mol. The quantitative estimate of drug-likeness (QED) is 0.0131. The zero-order valence-electron chi connectivity index (χ0n) is 36.0. The molecule has 0 radical (unpaired) electrons. The summed E-state index contributed by atoms with van der Waals surface area (Å²) in [7, 11) is -4.49. The zero-order valence-corrected chi connectivity index (χ0v) is 36.9. The molecule has 13 heteroatoms. The van der Waals surface area contributed by atoms with E-state index in [4.69, 9.17) is 24.3 Å². The van der Waals surface area contributed by atoms with Crippen LogP contribution >= 0.6 is 7.82 Å². The number of aliphatic hydroxyl groups excluding tert-OH is 3. The highest BCUT2D eigenvalue weighted by molar-refractivity contribution is 7.47. The molecule has 0 aliphatic carbocycles. The largest absolute Gasteiger partial charge is 0.472 e. The van der Waals surface area contributed by atoms with Crippen LogP contribution in [0.5, 0.6) is 0 Å². The molecule has 0 saturated heterocycles. The molecule has 12 nitrogen and oxygen atoms in total. The van der Waals surface area contributed by atoms with Gasteiger partial charge in [-0.1, -0.05) is 148 Å². The first kappa shape index (κ1) is 56.3. The standard InChI is InChI=1S/C47H74NO11P/c1-3-5-7-8-9-10-11-12-13-14-15-16-17-18-19-20-21-26-30-36-47(53)59-43(41-58-60(54,55)57-39-38-48)40-56-46(52)37-31-35-45(51)44(50)34-29-25-23-22-24-28-33-42(49)32-27-6-4-2/h6,9-10,12-13,15-16,18-19,21-29,33-34,42-45,49-51H,3-5,7-8,11,14,17,20,30-32,35-41,48H2,1-2H3,(H,54,55)/b10-9-,13-12-,16-15-,19-18-,24-22+,25-23-,26-21-,27-6-,33-28+,34-29-/t42-,43-,44+,45+/m1/s1. The summed E-state index contributed by atoms with van der Waals surface area (Å²) in [6.07, 6.45) is 44.8. The van der Waals surface area contributed by atoms with Gasteiger partial charge in [-0.3, -0.25) is 18.6 Å². The molecule has 5 atom stereocenters. The number of phosphoric acid groups is 1. The average Bonchev–Trinajstić information content (AvgIpc) is 3.22. The van der Waals surface area contributed by atoms with Crippen molar-refractivity contribution in [2.24, 2.45) is 5.73 Å². The van der Waals surface area contributed by atoms with Gasteiger partial charge in [-0.15, -0.1) is 0 Å². The van der Waals surface area contributed by atoms with Crippen LogP contribution in [0.25, 0.3) is 0 Å². The van der Waals surface area contributed by atoms with Gasteiger partial charge in [0, 0.05) is 19.4 Å². The van der Waals surface area contributed by atoms with Crippen molar-refractivity contribution < 1.29 is 52.9 Å². The number of hydrogen-bond acceptors (Lipinski definition) is 11. The van der Waals surface area contributed by atoms with Crippen LogP contribution in [0.15, 0.2) is 122 Å². The Labute approximate surface area is 359 Å². The van der Waals surface area contributed by atoms with Crippen molar-refractivity contribution in [3.63, 3.8) is 0 Å². The molecule has 0 saturated carbocycles. The van der Waals surface area contributed by atoms with Crippen LogP contribution in [-0.2, 0) is 32.7 Å². The van der Waals surface area contributed by atoms with Crippen molar-refractivity contribution in [2.75, 3.05) is 26.4 Å². The Morgan fingerprint density at radius 1 is 0.650 bits per heavy atom. The molecular weight excluding hydrogens is 785 g/mol. The van der Waals surface area contributed by atoms with E-state index < -0.39 is 57.4 Å². The molecule has 0 fully saturated rings. The lowest BCUT2D eigenvalue weighted by Crippen LogP contribution is -2.29. The Hall–Kier alpha value is -3.71. The summed E-state index contributed by atoms with van der Waals surface area (Å²) in [5.74, 6) is -1.27. The second-order valence-corrected chi connectivity index (χ2v) is 15.1. The minimum absolute atomic E-state index is 0.0144. The van der Waals surface area contributed by atoms with Gasteiger partial charge in [0.05, 0.1) is 31.5 Å². The van der Waals surface area contributed by atoms with Gasteiger partial charge >= 0.3 is 19.8 Å². The van der Waals surface area contributed by atoms with E-state index in [2.05, 4.69) is 49.5 Å². The molecule has 0 aromatic carbocycles. The number of nitrogens with two attached hydrogens (primary N) is 1. The van der Waals surface area contributed by atoms with Gasteiger partial charge in [-0.05, 0) is 70.6 Å². The molecule has 6 N–H and O–H groups in total. The molecule has 0 spiro atoms. The first-order valence-electron chi connectivity index (χ1n) is 21.3. The maximum atomic E-state index is 12.6. The van der Waals surface area contributed by atoms with Crippen molar-refractivity contribution in [3.8, 4) is 0 Å². The predicted molar refractivity (Wildman–Crippen MR) is 242 cm³/mol. The second-order valence-electron chi connectivity index (χ2n) is 13.7. The van der Waals surface area contributed by atoms with Gasteiger partial charge in [0.15, 0.2) is 6.10 Å². The third-order valence-electron chi connectivity index (χ3n) is 8.19. The van der Waals surface area contributed by atoms with Crippen LogP contribution in [0, 0.1) is 0 Å². The summed E-state index contributed by atoms with van der Waals surface area (Å²) in [4.78, 5) is 34.9. The van der Waals surface area contributed by atoms with Crippen LogP contribution in [0.3, 0.4) is 0 Å². The lowest BCUT2D eigenvalue weighted by atomic mass is 10.1. The van der Waals surface area contributed by atoms with Crippen LogP contribution in [0.1, 0.15) is 110 Å². The summed E-state index contributed by atoms with van der Waals surface area (Å²) >= 11 is 0. The van der Waals surface area contributed by atoms with E-state index in [0.717, 1.165) is 32.1 Å². The maximum Gasteiger partial charge on any atom is 0.472 e. The summed E-state index contributed by atoms with van der Waals surface area (Å²) in [6, 6.07) is 0. The van der Waals surface area contributed by atoms with Crippen molar-refractivity contribution in [1.82, 2.24) is 0 Å². The zero-order chi connectivity index (χ0) is 44.4. The first-order valence-corrected chi connectivity index (χ1v) is 22.8. The molecule has 0 aliphatic rings. The maximum absolute atomic E-state index is 12.6. The van der Waals surface area contributed by atoms with Crippen LogP contribution in [0.4, 0.5) is 0 Å². The van der Waals surface area contributed by atoms with Crippen molar-refractivity contribution >= 4 is 19.8 Å². The van der Waals surface area contributed by atoms with E-state index in [1.807, 2.05) is 37.3 Å². The van der Waals surface area contributed by atoms with E-state index in [1.54, 1.807) is 42.5 Å². The molecule has 0 heterocycles. The molecule has 1 unspecified atom stereocenters. The van der Waals surface area contributed by atoms with Gasteiger partial charge in [0.1, 0.15) is 6.61 Å². The Bertz CT molecular complexity index is 1440. The number of ether oxygens (including phenoxy) is 2. The highest BCUT2D eigenvalue weighted by atomic mass is 31.2. The van der Waals surface area contributed by atoms with E-state index in [1.165, 1.54) is 25.3 Å². The fraction of sp³-hybridized carbons (Fsp3) is 0.532. The summed E-state index contributed by atoms with van der Waals surface area (Å²) in [5.41, 5.74) is 5.32. The van der Waals surface area contributed by atoms with Gasteiger partial charge in [0.2, 0.25) is 0 Å². The number of rotatable bonds is 37. The summed E-state index contributed by atoms with van der Waals surface area (Å²) in [6.45, 7) is 2.99. The molecule has 0 bridgehead atoms. The smallest absolute Gasteiger partial charge is 0.462 e. The molecule has 338 valence electrons. The Morgan fingerprint density at radius 2 is 1.23 bits per heavy atom. The minimum atomic E-state index is -4.49. The molecule has 0 amide bonds. The number of aliphatic hydroxyl groups is 3. The molecule has 0 rings (SSSR count). The van der Waals surface area contributed by atoms with Crippen molar-refractivity contribution in [3.05, 3.63) is 122 Å². The summed E-state index contributed by atoms with van der Waals surface area (Å²) < 4.78 is 32.4. The molecular formula is C47H74NO11P. The number of esters is 2. The minimum Gasteiger partial charge on any atom is -0.462 e. The number of carbonyl (C=O) groups excluding carboxylic acids is 2. The number of carbonyl (C=O) groups is 2. The fourth-order valence-electron chi connectivity index (χ4n) is 4.90. The SMILES string of the molecule is CC/C=C\C[C@@H](O)/C=C/C=C/C=C\C=C/[C@H](O)[C@@H](O)CCCC(=O)OC[C@H](COP(=O)(O)OCCN)OC(=O)CC/C=C\C/C=C\C/C=C\C/C=C\C/C=C\CCCCC. The number of hydrogen-bond donors (Lipinski definition) is 5. The predicted octanol–water partition coefficient (Wildman–Crippen LogP) is 9.07. The Balaban J connectivity index is 4.64. The fourth-order valence-corrected chi connectivity index (χ4v) is 5.66. The van der Waals surface area contributed by atoms with Gasteiger partial charge in [-0.2, -0.15) is 0 Å². The topological polar surface area (TPSA) is 195 Å². The van der Waals surface area contributed by atoms with E-state index >= 15 is 0 Å². The first-order chi connectivity index (χ1) is 29.0. The number of phosphoric ester groups is 1. The Kier molecular flexibility index (Phi) is 38.2. The van der Waals surface area contributed by atoms with Crippen LogP contribution in [-0.4, -0.2) is 82.9 Å². The third kappa shape index (κ3) is 38.5. The van der Waals surface area contributed by atoms with Gasteiger partial charge < -0.3 is 35.4 Å². The molecule has 60 heavy (non-hydrogen) atoms. The van der Waals surface area contributed by atoms with E-state index in [9.17, 15) is 34.4 Å². The molecule has 0 aliphatic heterocycles. The van der Waals surface area contributed by atoms with Gasteiger partial charge in [0.25, 0.3) is 0 Å². The average molecular weight is 860 g/mol. The second kappa shape index (κ2) is 40.7. The summed E-state index contributed by atoms with van der Waals surface area (Å²) in [5, 5.41) is 30.4. The highest BCUT2D eigenvalue weighted by Crippen LogP contribution is 2.43.